The van der Waals surface area contributed by atoms with Gasteiger partial charge in [-0.25, -0.2) is 0 Å². The molecule has 2 aromatic rings. The van der Waals surface area contributed by atoms with Crippen LogP contribution in [-0.4, -0.2) is 30.1 Å². The van der Waals surface area contributed by atoms with Crippen molar-refractivity contribution in [2.45, 2.75) is 50.3 Å². The zero-order valence-corrected chi connectivity index (χ0v) is 21.7. The van der Waals surface area contributed by atoms with E-state index in [1.807, 2.05) is 5.32 Å². The fraction of sp³-hybridized carbons (Fsp3) is 0.333. The van der Waals surface area contributed by atoms with E-state index in [9.17, 15) is 49.1 Å². The molecule has 2 aromatic carbocycles. The second-order valence-corrected chi connectivity index (χ2v) is 9.58. The summed E-state index contributed by atoms with van der Waals surface area (Å²) < 4.78 is 119. The number of allylic oxidation sites excluding steroid dienone is 1. The number of alkyl halides is 9. The van der Waals surface area contributed by atoms with E-state index in [4.69, 9.17) is 34.8 Å². The molecular formula is C24H17Cl3F9NO2. The number of ketones is 1. The Kier molecular flexibility index (Phi) is 10.4. The van der Waals surface area contributed by atoms with Gasteiger partial charge < -0.3 is 5.32 Å². The van der Waals surface area contributed by atoms with Crippen molar-refractivity contribution in [3.8, 4) is 0 Å². The maximum atomic E-state index is 13.7. The first kappa shape index (κ1) is 32.8. The molecule has 0 spiro atoms. The number of nitrogens with one attached hydrogen (secondary N) is 1. The Hall–Kier alpha value is -2.44. The molecule has 1 amide bonds. The van der Waals surface area contributed by atoms with Crippen LogP contribution >= 0.6 is 34.8 Å². The van der Waals surface area contributed by atoms with Gasteiger partial charge in [-0.3, -0.25) is 9.59 Å². The molecule has 0 saturated carbocycles. The molecule has 0 saturated heterocycles. The van der Waals surface area contributed by atoms with Crippen LogP contribution in [0.2, 0.25) is 15.1 Å². The second-order valence-electron chi connectivity index (χ2n) is 8.39. The maximum Gasteiger partial charge on any atom is 0.417 e. The van der Waals surface area contributed by atoms with Crippen molar-refractivity contribution >= 4 is 52.6 Å². The largest absolute Gasteiger partial charge is 0.417 e. The van der Waals surface area contributed by atoms with Gasteiger partial charge in [-0.1, -0.05) is 53.0 Å². The van der Waals surface area contributed by atoms with Crippen LogP contribution in [0.5, 0.6) is 0 Å². The first-order valence-electron chi connectivity index (χ1n) is 10.7. The molecular weight excluding hydrogens is 612 g/mol. The van der Waals surface area contributed by atoms with Gasteiger partial charge in [-0.05, 0) is 42.3 Å². The lowest BCUT2D eigenvalue weighted by Crippen LogP contribution is -2.36. The van der Waals surface area contributed by atoms with Crippen LogP contribution in [0.4, 0.5) is 39.5 Å². The lowest BCUT2D eigenvalue weighted by molar-refractivity contribution is -0.152. The van der Waals surface area contributed by atoms with Crippen LogP contribution in [0.3, 0.4) is 0 Å². The Bertz CT molecular complexity index is 1230. The van der Waals surface area contributed by atoms with Gasteiger partial charge in [0.1, 0.15) is 12.2 Å². The van der Waals surface area contributed by atoms with Gasteiger partial charge in [0.15, 0.2) is 0 Å². The highest BCUT2D eigenvalue weighted by Gasteiger charge is 2.40. The number of carbonyl (C=O) groups is 2. The molecule has 0 radical (unpaired) electrons. The van der Waals surface area contributed by atoms with E-state index in [-0.39, 0.29) is 20.6 Å². The van der Waals surface area contributed by atoms with Crippen molar-refractivity contribution in [2.75, 3.05) is 0 Å². The van der Waals surface area contributed by atoms with Gasteiger partial charge in [-0.2, -0.15) is 39.5 Å². The highest BCUT2D eigenvalue weighted by Crippen LogP contribution is 2.41. The maximum absolute atomic E-state index is 13.7. The number of amides is 1. The van der Waals surface area contributed by atoms with Gasteiger partial charge in [0.2, 0.25) is 0 Å². The fourth-order valence-corrected chi connectivity index (χ4v) is 4.07. The Morgan fingerprint density at radius 3 is 1.97 bits per heavy atom. The monoisotopic (exact) mass is 627 g/mol. The lowest BCUT2D eigenvalue weighted by atomic mass is 9.96. The number of benzene rings is 2. The molecule has 3 nitrogen and oxygen atoms in total. The number of rotatable bonds is 8. The van der Waals surface area contributed by atoms with E-state index >= 15 is 0 Å². The predicted molar refractivity (Wildman–Crippen MR) is 128 cm³/mol. The van der Waals surface area contributed by atoms with Crippen LogP contribution in [0.15, 0.2) is 36.4 Å². The minimum Gasteiger partial charge on any atom is -0.349 e. The van der Waals surface area contributed by atoms with E-state index in [1.165, 1.54) is 0 Å². The summed E-state index contributed by atoms with van der Waals surface area (Å²) in [7, 11) is 0. The summed E-state index contributed by atoms with van der Waals surface area (Å²) in [6, 6.07) is 2.65. The van der Waals surface area contributed by atoms with Crippen molar-refractivity contribution in [1.82, 2.24) is 5.32 Å². The average molecular weight is 629 g/mol. The zero-order valence-electron chi connectivity index (χ0n) is 19.5. The second kappa shape index (κ2) is 12.4. The molecule has 0 bridgehead atoms. The van der Waals surface area contributed by atoms with Crippen LogP contribution in [0, 0.1) is 0 Å². The molecule has 2 rings (SSSR count). The van der Waals surface area contributed by atoms with Crippen LogP contribution in [0.1, 0.15) is 52.7 Å². The van der Waals surface area contributed by atoms with E-state index in [0.29, 0.717) is 18.2 Å². The van der Waals surface area contributed by atoms with Crippen molar-refractivity contribution in [1.29, 1.82) is 0 Å². The molecule has 0 aliphatic carbocycles. The van der Waals surface area contributed by atoms with E-state index in [2.05, 4.69) is 0 Å². The van der Waals surface area contributed by atoms with Crippen LogP contribution in [-0.2, 0) is 11.0 Å². The molecule has 15 heteroatoms. The molecule has 2 atom stereocenters. The first-order chi connectivity index (χ1) is 17.7. The topological polar surface area (TPSA) is 46.2 Å². The normalized spacial score (nSPS) is 14.4. The SMILES string of the molecule is C[C@H](CC(=O)CC(F)(F)F)NC(=O)c1ccc(/C=C/C(c2cc(Cl)c(Cl)c(Cl)c2)C(F)(F)F)cc1C(F)(F)F. The number of hydrogen-bond acceptors (Lipinski definition) is 2. The number of hydrogen-bond donors (Lipinski definition) is 1. The number of carbonyl (C=O) groups excluding carboxylic acids is 2. The molecule has 0 fully saturated rings. The van der Waals surface area contributed by atoms with Gasteiger partial charge in [0, 0.05) is 12.5 Å². The third-order valence-electron chi connectivity index (χ3n) is 5.10. The summed E-state index contributed by atoms with van der Waals surface area (Å²) in [4.78, 5) is 23.9. The molecule has 0 aliphatic heterocycles. The molecule has 0 aliphatic rings. The van der Waals surface area contributed by atoms with Gasteiger partial charge >= 0.3 is 18.5 Å². The summed E-state index contributed by atoms with van der Waals surface area (Å²) in [5, 5.41) is 1.29. The fourth-order valence-electron chi connectivity index (χ4n) is 3.46. The van der Waals surface area contributed by atoms with Gasteiger partial charge in [-0.15, -0.1) is 0 Å². The van der Waals surface area contributed by atoms with Crippen LogP contribution in [0.25, 0.3) is 6.08 Å². The molecule has 0 heterocycles. The van der Waals surface area contributed by atoms with E-state index in [1.54, 1.807) is 0 Å². The summed E-state index contributed by atoms with van der Waals surface area (Å²) >= 11 is 17.4. The summed E-state index contributed by atoms with van der Waals surface area (Å²) in [6.45, 7) is 1.13. The van der Waals surface area contributed by atoms with Gasteiger partial charge in [0.05, 0.1) is 32.1 Å². The Labute approximate surface area is 230 Å². The highest BCUT2D eigenvalue weighted by molar-refractivity contribution is 6.48. The minimum atomic E-state index is -5.13. The smallest absolute Gasteiger partial charge is 0.349 e. The minimum absolute atomic E-state index is 0.185. The first-order valence-corrected chi connectivity index (χ1v) is 11.8. The number of Topliss-reactive ketones (excluding diaryl/α,β-unsaturated/α-hetero) is 1. The average Bonchev–Trinajstić information content (AvgIpc) is 2.74. The number of halogens is 12. The third-order valence-corrected chi connectivity index (χ3v) is 6.30. The van der Waals surface area contributed by atoms with Crippen molar-refractivity contribution in [2.24, 2.45) is 0 Å². The zero-order chi connectivity index (χ0) is 29.9. The summed E-state index contributed by atoms with van der Waals surface area (Å²) in [6.07, 6.45) is -16.1. The molecule has 1 N–H and O–H groups in total. The summed E-state index contributed by atoms with van der Waals surface area (Å²) in [5.74, 6) is -4.96. The summed E-state index contributed by atoms with van der Waals surface area (Å²) in [5.41, 5.74) is -3.25. The Morgan fingerprint density at radius 2 is 1.49 bits per heavy atom. The molecule has 0 aromatic heterocycles. The lowest BCUT2D eigenvalue weighted by Gasteiger charge is -2.19. The predicted octanol–water partition coefficient (Wildman–Crippen LogP) is 9.05. The third kappa shape index (κ3) is 9.61. The molecule has 214 valence electrons. The van der Waals surface area contributed by atoms with E-state index in [0.717, 1.165) is 31.2 Å². The van der Waals surface area contributed by atoms with Crippen molar-refractivity contribution in [3.63, 3.8) is 0 Å². The Balaban J connectivity index is 2.36. The van der Waals surface area contributed by atoms with Crippen LogP contribution < -0.4 is 5.32 Å². The molecule has 1 unspecified atom stereocenters. The standard InChI is InChI=1S/C24H17Cl3F9NO2/c1-11(6-14(38)10-22(28,29)30)37-21(39)15-4-2-12(7-17(15)24(34,35)36)3-5-16(23(31,32)33)13-8-18(25)20(27)19(26)9-13/h2-5,7-9,11,16H,6,10H2,1H3,(H,37,39)/b5-3+/t11-,16?/m1/s1. The quantitative estimate of drug-likeness (QED) is 0.234. The van der Waals surface area contributed by atoms with E-state index < -0.39 is 71.7 Å². The van der Waals surface area contributed by atoms with Crippen molar-refractivity contribution < 1.29 is 49.1 Å². The van der Waals surface area contributed by atoms with Crippen molar-refractivity contribution in [3.05, 3.63) is 73.7 Å². The molecule has 39 heavy (non-hydrogen) atoms. The highest BCUT2D eigenvalue weighted by atomic mass is 35.5. The van der Waals surface area contributed by atoms with Gasteiger partial charge in [0.25, 0.3) is 5.91 Å². The Morgan fingerprint density at radius 1 is 0.923 bits per heavy atom.